The monoisotopic (exact) mass is 290 g/mol. The molecule has 4 nitrogen and oxygen atoms in total. The summed E-state index contributed by atoms with van der Waals surface area (Å²) in [5.74, 6) is 1.26. The molecule has 1 fully saturated rings. The van der Waals surface area contributed by atoms with Gasteiger partial charge in [-0.1, -0.05) is 18.2 Å². The molecule has 0 radical (unpaired) electrons. The van der Waals surface area contributed by atoms with Crippen molar-refractivity contribution in [2.75, 3.05) is 14.2 Å². The first-order valence-electron chi connectivity index (χ1n) is 7.31. The lowest BCUT2D eigenvalue weighted by Gasteiger charge is -2.16. The second-order valence-electron chi connectivity index (χ2n) is 5.12. The molecule has 0 aromatic heterocycles. The molecule has 1 aliphatic carbocycles. The van der Waals surface area contributed by atoms with E-state index < -0.39 is 0 Å². The molecule has 21 heavy (non-hydrogen) atoms. The van der Waals surface area contributed by atoms with Crippen LogP contribution in [0.5, 0.6) is 11.5 Å². The zero-order valence-electron chi connectivity index (χ0n) is 12.6. The topological polar surface area (TPSA) is 44.8 Å². The Kier molecular flexibility index (Phi) is 5.67. The second-order valence-corrected chi connectivity index (χ2v) is 5.12. The normalized spacial score (nSPS) is 15.3. The van der Waals surface area contributed by atoms with Gasteiger partial charge in [0.15, 0.2) is 11.5 Å². The van der Waals surface area contributed by atoms with E-state index in [-0.39, 0.29) is 18.5 Å². The summed E-state index contributed by atoms with van der Waals surface area (Å²) in [6, 6.07) is 5.78. The number of esters is 1. The van der Waals surface area contributed by atoms with Gasteiger partial charge >= 0.3 is 5.97 Å². The van der Waals surface area contributed by atoms with E-state index in [0.29, 0.717) is 0 Å². The fraction of sp³-hybridized carbons (Fsp3) is 0.471. The average molecular weight is 290 g/mol. The molecular formula is C17H22O4. The number of hydrogen-bond donors (Lipinski definition) is 0. The Bertz CT molecular complexity index is 502. The molecule has 114 valence electrons. The highest BCUT2D eigenvalue weighted by atomic mass is 16.5. The number of carbonyl (C=O) groups excluding carboxylic acids is 1. The lowest BCUT2D eigenvalue weighted by Crippen LogP contribution is -2.11. The van der Waals surface area contributed by atoms with Gasteiger partial charge in [-0.3, -0.25) is 4.79 Å². The van der Waals surface area contributed by atoms with Crippen molar-refractivity contribution in [3.05, 3.63) is 29.8 Å². The van der Waals surface area contributed by atoms with E-state index in [0.717, 1.165) is 29.9 Å². The van der Waals surface area contributed by atoms with Crippen LogP contribution in [0.15, 0.2) is 24.3 Å². The van der Waals surface area contributed by atoms with Crippen molar-refractivity contribution in [2.24, 2.45) is 0 Å². The number of ether oxygens (including phenoxy) is 3. The zero-order valence-corrected chi connectivity index (χ0v) is 12.6. The van der Waals surface area contributed by atoms with Gasteiger partial charge in [-0.15, -0.1) is 0 Å². The van der Waals surface area contributed by atoms with E-state index in [4.69, 9.17) is 9.47 Å². The van der Waals surface area contributed by atoms with Crippen molar-refractivity contribution in [3.63, 3.8) is 0 Å². The summed E-state index contributed by atoms with van der Waals surface area (Å²) in [5, 5.41) is 0. The van der Waals surface area contributed by atoms with Gasteiger partial charge in [-0.05, 0) is 43.4 Å². The summed E-state index contributed by atoms with van der Waals surface area (Å²) in [5.41, 5.74) is 0.979. The third kappa shape index (κ3) is 4.52. The van der Waals surface area contributed by atoms with Crippen molar-refractivity contribution >= 4 is 12.0 Å². The molecular weight excluding hydrogens is 268 g/mol. The fourth-order valence-corrected chi connectivity index (χ4v) is 2.45. The number of carbonyl (C=O) groups is 1. The largest absolute Gasteiger partial charge is 0.493 e. The highest BCUT2D eigenvalue weighted by Crippen LogP contribution is 2.32. The lowest BCUT2D eigenvalue weighted by atomic mass is 10.1. The van der Waals surface area contributed by atoms with Crippen molar-refractivity contribution in [3.8, 4) is 11.5 Å². The van der Waals surface area contributed by atoms with Crippen LogP contribution in [-0.4, -0.2) is 26.3 Å². The molecule has 1 aromatic rings. The number of rotatable bonds is 6. The Morgan fingerprint density at radius 3 is 2.67 bits per heavy atom. The van der Waals surface area contributed by atoms with Crippen molar-refractivity contribution < 1.29 is 19.0 Å². The van der Waals surface area contributed by atoms with Crippen LogP contribution in [0.4, 0.5) is 0 Å². The van der Waals surface area contributed by atoms with Crippen LogP contribution in [0, 0.1) is 0 Å². The summed E-state index contributed by atoms with van der Waals surface area (Å²) in [7, 11) is 3.03. The van der Waals surface area contributed by atoms with Gasteiger partial charge in [0.25, 0.3) is 0 Å². The van der Waals surface area contributed by atoms with Crippen molar-refractivity contribution in [1.82, 2.24) is 0 Å². The maximum absolute atomic E-state index is 11.1. The van der Waals surface area contributed by atoms with Crippen LogP contribution in [0.3, 0.4) is 0 Å². The molecule has 0 heterocycles. The van der Waals surface area contributed by atoms with Crippen LogP contribution in [0.2, 0.25) is 0 Å². The SMILES string of the molecule is COC(=O)CC=Cc1ccc(OC)c(OC2CCCC2)c1. The van der Waals surface area contributed by atoms with E-state index in [2.05, 4.69) is 4.74 Å². The van der Waals surface area contributed by atoms with Crippen LogP contribution in [0.1, 0.15) is 37.7 Å². The minimum atomic E-state index is -0.248. The molecule has 4 heteroatoms. The third-order valence-corrected chi connectivity index (χ3v) is 3.61. The number of benzene rings is 1. The maximum atomic E-state index is 11.1. The smallest absolute Gasteiger partial charge is 0.309 e. The van der Waals surface area contributed by atoms with Crippen LogP contribution in [-0.2, 0) is 9.53 Å². The van der Waals surface area contributed by atoms with Gasteiger partial charge in [-0.25, -0.2) is 0 Å². The summed E-state index contributed by atoms with van der Waals surface area (Å²) < 4.78 is 16.0. The Hall–Kier alpha value is -1.97. The fourth-order valence-electron chi connectivity index (χ4n) is 2.45. The predicted molar refractivity (Wildman–Crippen MR) is 81.5 cm³/mol. The minimum Gasteiger partial charge on any atom is -0.493 e. The molecule has 1 aliphatic rings. The predicted octanol–water partition coefficient (Wildman–Crippen LogP) is 3.59. The van der Waals surface area contributed by atoms with E-state index in [1.54, 1.807) is 13.2 Å². The highest BCUT2D eigenvalue weighted by molar-refractivity contribution is 5.72. The standard InChI is InChI=1S/C17H22O4/c1-19-15-11-10-13(6-5-9-17(18)20-2)12-16(15)21-14-7-3-4-8-14/h5-6,10-12,14H,3-4,7-9H2,1-2H3. The Labute approximate surface area is 125 Å². The van der Waals surface area contributed by atoms with E-state index in [1.807, 2.05) is 24.3 Å². The molecule has 0 aliphatic heterocycles. The third-order valence-electron chi connectivity index (χ3n) is 3.61. The van der Waals surface area contributed by atoms with Gasteiger partial charge in [0, 0.05) is 0 Å². The minimum absolute atomic E-state index is 0.248. The summed E-state index contributed by atoms with van der Waals surface area (Å²) in [6.07, 6.45) is 8.88. The molecule has 0 atom stereocenters. The van der Waals surface area contributed by atoms with Gasteiger partial charge in [-0.2, -0.15) is 0 Å². The van der Waals surface area contributed by atoms with E-state index >= 15 is 0 Å². The maximum Gasteiger partial charge on any atom is 0.309 e. The van der Waals surface area contributed by atoms with Crippen LogP contribution in [0.25, 0.3) is 6.08 Å². The van der Waals surface area contributed by atoms with Crippen molar-refractivity contribution in [1.29, 1.82) is 0 Å². The molecule has 0 spiro atoms. The molecule has 0 bridgehead atoms. The molecule has 1 aromatic carbocycles. The quantitative estimate of drug-likeness (QED) is 0.751. The molecule has 0 N–H and O–H groups in total. The van der Waals surface area contributed by atoms with E-state index in [1.165, 1.54) is 20.0 Å². The molecule has 0 amide bonds. The molecule has 1 saturated carbocycles. The van der Waals surface area contributed by atoms with Gasteiger partial charge < -0.3 is 14.2 Å². The summed E-state index contributed by atoms with van der Waals surface area (Å²) in [4.78, 5) is 11.1. The van der Waals surface area contributed by atoms with Crippen LogP contribution >= 0.6 is 0 Å². The van der Waals surface area contributed by atoms with Gasteiger partial charge in [0.05, 0.1) is 26.7 Å². The van der Waals surface area contributed by atoms with Crippen LogP contribution < -0.4 is 9.47 Å². The second kappa shape index (κ2) is 7.72. The average Bonchev–Trinajstić information content (AvgIpc) is 3.00. The first kappa shape index (κ1) is 15.4. The first-order valence-corrected chi connectivity index (χ1v) is 7.31. The van der Waals surface area contributed by atoms with Crippen molar-refractivity contribution in [2.45, 2.75) is 38.2 Å². The summed E-state index contributed by atoms with van der Waals surface area (Å²) >= 11 is 0. The van der Waals surface area contributed by atoms with E-state index in [9.17, 15) is 4.79 Å². The van der Waals surface area contributed by atoms with Gasteiger partial charge in [0.1, 0.15) is 0 Å². The Morgan fingerprint density at radius 1 is 1.24 bits per heavy atom. The number of hydrogen-bond acceptors (Lipinski definition) is 4. The molecule has 2 rings (SSSR count). The lowest BCUT2D eigenvalue weighted by molar-refractivity contribution is -0.139. The van der Waals surface area contributed by atoms with Gasteiger partial charge in [0.2, 0.25) is 0 Å². The zero-order chi connectivity index (χ0) is 15.1. The number of methoxy groups -OCH3 is 2. The summed E-state index contributed by atoms with van der Waals surface area (Å²) in [6.45, 7) is 0. The Morgan fingerprint density at radius 2 is 2.00 bits per heavy atom. The Balaban J connectivity index is 2.07. The first-order chi connectivity index (χ1) is 10.2. The highest BCUT2D eigenvalue weighted by Gasteiger charge is 2.18. The molecule has 0 saturated heterocycles. The molecule has 0 unspecified atom stereocenters.